The van der Waals surface area contributed by atoms with Crippen LogP contribution in [0.15, 0.2) is 47.5 Å². The maximum atomic E-state index is 12.4. The molecule has 6 nitrogen and oxygen atoms in total. The minimum Gasteiger partial charge on any atom is -0.357 e. The van der Waals surface area contributed by atoms with E-state index >= 15 is 0 Å². The smallest absolute Gasteiger partial charge is 0.230 e. The summed E-state index contributed by atoms with van der Waals surface area (Å²) in [5.74, 6) is 0.445. The van der Waals surface area contributed by atoms with Crippen LogP contribution in [0, 0.1) is 13.8 Å². The molecule has 0 bridgehead atoms. The van der Waals surface area contributed by atoms with Crippen molar-refractivity contribution in [3.05, 3.63) is 64.3 Å². The number of aromatic nitrogens is 2. The molecule has 2 aromatic carbocycles. The van der Waals surface area contributed by atoms with Gasteiger partial charge in [-0.05, 0) is 49.2 Å². The summed E-state index contributed by atoms with van der Waals surface area (Å²) in [7, 11) is 1.79. The highest BCUT2D eigenvalue weighted by Gasteiger charge is 2.19. The van der Waals surface area contributed by atoms with Gasteiger partial charge in [-0.3, -0.25) is 9.79 Å². The van der Waals surface area contributed by atoms with Gasteiger partial charge in [-0.25, -0.2) is 9.97 Å². The van der Waals surface area contributed by atoms with Crippen LogP contribution < -0.4 is 10.6 Å². The van der Waals surface area contributed by atoms with E-state index in [1.807, 2.05) is 50.2 Å². The van der Waals surface area contributed by atoms with E-state index in [1.165, 1.54) is 0 Å². The number of aliphatic imine (C=N–C) groups is 1. The molecule has 2 N–H and O–H groups in total. The third-order valence-corrected chi connectivity index (χ3v) is 5.11. The molecule has 7 heteroatoms. The van der Waals surface area contributed by atoms with Crippen LogP contribution in [0.5, 0.6) is 0 Å². The number of nitrogens with one attached hydrogen (secondary N) is 2. The van der Waals surface area contributed by atoms with Gasteiger partial charge in [-0.15, -0.1) is 0 Å². The zero-order valence-corrected chi connectivity index (χ0v) is 17.1. The van der Waals surface area contributed by atoms with Gasteiger partial charge in [0.05, 0.1) is 29.2 Å². The van der Waals surface area contributed by atoms with Gasteiger partial charge in [0.1, 0.15) is 0 Å². The van der Waals surface area contributed by atoms with Gasteiger partial charge in [0, 0.05) is 23.3 Å². The van der Waals surface area contributed by atoms with Crippen LogP contribution in [0.3, 0.4) is 0 Å². The number of carbonyl (C=O) groups excluding carboxylic acids is 1. The first-order valence-electron chi connectivity index (χ1n) is 9.25. The molecule has 1 aliphatic heterocycles. The Hall–Kier alpha value is -3.25. The van der Waals surface area contributed by atoms with Crippen molar-refractivity contribution >= 4 is 40.5 Å². The normalized spacial score (nSPS) is 13.2. The number of benzene rings is 2. The van der Waals surface area contributed by atoms with Crippen LogP contribution in [0.1, 0.15) is 23.2 Å². The first-order valence-corrected chi connectivity index (χ1v) is 9.62. The Labute approximate surface area is 174 Å². The van der Waals surface area contributed by atoms with Crippen molar-refractivity contribution in [2.45, 2.75) is 20.3 Å². The standard InChI is InChI=1S/C22H20ClN5O/c1-12-7-19-20(10-16(12)23)27-21(29)11-18(26-19)15-6-4-5-14(9-15)17-8-13(2)25-22(24-3)28-17/h4-10H,11H2,1-3H3,(H,27,29)(H,24,25,28). The van der Waals surface area contributed by atoms with E-state index in [0.717, 1.165) is 28.1 Å². The zero-order valence-electron chi connectivity index (χ0n) is 16.4. The van der Waals surface area contributed by atoms with Crippen LogP contribution in [0.25, 0.3) is 11.3 Å². The predicted molar refractivity (Wildman–Crippen MR) is 117 cm³/mol. The Morgan fingerprint density at radius 1 is 1.07 bits per heavy atom. The fourth-order valence-corrected chi connectivity index (χ4v) is 3.41. The molecule has 0 fully saturated rings. The molecule has 3 aromatic rings. The third-order valence-electron chi connectivity index (χ3n) is 4.70. The number of carbonyl (C=O) groups is 1. The van der Waals surface area contributed by atoms with Gasteiger partial charge in [0.25, 0.3) is 0 Å². The first-order chi connectivity index (χ1) is 13.9. The summed E-state index contributed by atoms with van der Waals surface area (Å²) in [6, 6.07) is 13.5. The number of amides is 1. The molecule has 0 radical (unpaired) electrons. The van der Waals surface area contributed by atoms with E-state index in [4.69, 9.17) is 16.6 Å². The highest BCUT2D eigenvalue weighted by Crippen LogP contribution is 2.34. The van der Waals surface area contributed by atoms with Crippen LogP contribution >= 0.6 is 11.6 Å². The second-order valence-corrected chi connectivity index (χ2v) is 7.36. The van der Waals surface area contributed by atoms with Gasteiger partial charge >= 0.3 is 0 Å². The van der Waals surface area contributed by atoms with Gasteiger partial charge in [0.15, 0.2) is 0 Å². The number of fused-ring (bicyclic) bond motifs is 1. The second-order valence-electron chi connectivity index (χ2n) is 6.95. The summed E-state index contributed by atoms with van der Waals surface area (Å²) >= 11 is 6.21. The lowest BCUT2D eigenvalue weighted by molar-refractivity contribution is -0.115. The fourth-order valence-electron chi connectivity index (χ4n) is 3.24. The summed E-state index contributed by atoms with van der Waals surface area (Å²) in [6.07, 6.45) is 0.180. The highest BCUT2D eigenvalue weighted by molar-refractivity contribution is 6.32. The SMILES string of the molecule is CNc1nc(C)cc(-c2cccc(C3=Nc4cc(C)c(Cl)cc4NC(=O)C3)c2)n1. The predicted octanol–water partition coefficient (Wildman–Crippen LogP) is 4.92. The molecule has 0 atom stereocenters. The van der Waals surface area contributed by atoms with Crippen molar-refractivity contribution in [2.24, 2.45) is 4.99 Å². The summed E-state index contributed by atoms with van der Waals surface area (Å²) in [4.78, 5) is 26.1. The molecule has 0 unspecified atom stereocenters. The number of hydrogen-bond acceptors (Lipinski definition) is 5. The lowest BCUT2D eigenvalue weighted by Gasteiger charge is -2.09. The van der Waals surface area contributed by atoms with Gasteiger partial charge in [-0.2, -0.15) is 0 Å². The minimum absolute atomic E-state index is 0.122. The monoisotopic (exact) mass is 405 g/mol. The van der Waals surface area contributed by atoms with Crippen molar-refractivity contribution in [3.63, 3.8) is 0 Å². The Morgan fingerprint density at radius 2 is 1.86 bits per heavy atom. The molecule has 0 spiro atoms. The molecule has 0 saturated heterocycles. The zero-order chi connectivity index (χ0) is 20.5. The van der Waals surface area contributed by atoms with Crippen LogP contribution in [0.4, 0.5) is 17.3 Å². The Balaban J connectivity index is 1.79. The summed E-state index contributed by atoms with van der Waals surface area (Å²) in [6.45, 7) is 3.85. The largest absolute Gasteiger partial charge is 0.357 e. The minimum atomic E-state index is -0.122. The van der Waals surface area contributed by atoms with Crippen LogP contribution in [0.2, 0.25) is 5.02 Å². The van der Waals surface area contributed by atoms with E-state index in [0.29, 0.717) is 28.1 Å². The molecule has 0 aliphatic carbocycles. The van der Waals surface area contributed by atoms with Gasteiger partial charge in [0.2, 0.25) is 11.9 Å². The van der Waals surface area contributed by atoms with Crippen molar-refractivity contribution in [1.82, 2.24) is 9.97 Å². The number of nitrogens with zero attached hydrogens (tertiary/aromatic N) is 3. The maximum absolute atomic E-state index is 12.4. The molecule has 1 amide bonds. The van der Waals surface area contributed by atoms with Gasteiger partial charge < -0.3 is 10.6 Å². The molecule has 1 aliphatic rings. The average molecular weight is 406 g/mol. The lowest BCUT2D eigenvalue weighted by Crippen LogP contribution is -2.15. The van der Waals surface area contributed by atoms with Crippen LogP contribution in [-0.2, 0) is 4.79 Å². The third kappa shape index (κ3) is 3.98. The van der Waals surface area contributed by atoms with E-state index < -0.39 is 0 Å². The number of hydrogen-bond donors (Lipinski definition) is 2. The second kappa shape index (κ2) is 7.64. The molecule has 29 heavy (non-hydrogen) atoms. The average Bonchev–Trinajstić information content (AvgIpc) is 2.86. The van der Waals surface area contributed by atoms with E-state index in [2.05, 4.69) is 20.6 Å². The topological polar surface area (TPSA) is 79.3 Å². The van der Waals surface area contributed by atoms with E-state index in [1.54, 1.807) is 13.1 Å². The molecule has 1 aromatic heterocycles. The highest BCUT2D eigenvalue weighted by atomic mass is 35.5. The van der Waals surface area contributed by atoms with E-state index in [9.17, 15) is 4.79 Å². The molecule has 2 heterocycles. The Morgan fingerprint density at radius 3 is 2.66 bits per heavy atom. The van der Waals surface area contributed by atoms with Crippen molar-refractivity contribution in [3.8, 4) is 11.3 Å². The molecule has 4 rings (SSSR count). The van der Waals surface area contributed by atoms with E-state index in [-0.39, 0.29) is 12.3 Å². The number of aryl methyl sites for hydroxylation is 2. The Kier molecular flexibility index (Phi) is 5.03. The maximum Gasteiger partial charge on any atom is 0.230 e. The molecular formula is C22H20ClN5O. The lowest BCUT2D eigenvalue weighted by atomic mass is 10.0. The van der Waals surface area contributed by atoms with Crippen molar-refractivity contribution < 1.29 is 4.79 Å². The Bertz CT molecular complexity index is 1160. The number of halogens is 1. The first kappa shape index (κ1) is 19.1. The number of rotatable bonds is 3. The van der Waals surface area contributed by atoms with Crippen LogP contribution in [-0.4, -0.2) is 28.6 Å². The fraction of sp³-hybridized carbons (Fsp3) is 0.182. The quantitative estimate of drug-likeness (QED) is 0.648. The van der Waals surface area contributed by atoms with Crippen molar-refractivity contribution in [2.75, 3.05) is 17.7 Å². The molecule has 146 valence electrons. The number of anilines is 2. The molecule has 0 saturated carbocycles. The summed E-state index contributed by atoms with van der Waals surface area (Å²) in [5, 5.41) is 6.47. The van der Waals surface area contributed by atoms with Crippen molar-refractivity contribution in [1.29, 1.82) is 0 Å². The summed E-state index contributed by atoms with van der Waals surface area (Å²) in [5.41, 5.74) is 6.43. The summed E-state index contributed by atoms with van der Waals surface area (Å²) < 4.78 is 0. The molecular weight excluding hydrogens is 386 g/mol. The van der Waals surface area contributed by atoms with Gasteiger partial charge in [-0.1, -0.05) is 29.8 Å².